The Hall–Kier alpha value is -0.540. The number of carbonyl (C=O) groups is 1. The minimum Gasteiger partial charge on any atom is -0.469 e. The lowest BCUT2D eigenvalue weighted by molar-refractivity contribution is -0.139. The van der Waals surface area contributed by atoms with Crippen molar-refractivity contribution in [3.8, 4) is 0 Å². The van der Waals surface area contributed by atoms with Crippen LogP contribution >= 0.6 is 27.5 Å². The smallest absolute Gasteiger partial charge is 0.310 e. The SMILES string of the molecule is COC(=O)Cc1c(Cl)cc(C)cc1CBr. The van der Waals surface area contributed by atoms with Crippen LogP contribution in [0, 0.1) is 6.92 Å². The number of methoxy groups -OCH3 is 1. The monoisotopic (exact) mass is 290 g/mol. The van der Waals surface area contributed by atoms with E-state index in [0.717, 1.165) is 16.7 Å². The molecule has 0 aliphatic heterocycles. The fourth-order valence-electron chi connectivity index (χ4n) is 1.38. The van der Waals surface area contributed by atoms with Crippen molar-refractivity contribution in [2.45, 2.75) is 18.7 Å². The van der Waals surface area contributed by atoms with E-state index in [2.05, 4.69) is 20.7 Å². The van der Waals surface area contributed by atoms with E-state index < -0.39 is 0 Å². The molecule has 0 heterocycles. The summed E-state index contributed by atoms with van der Waals surface area (Å²) < 4.78 is 4.63. The molecule has 0 N–H and O–H groups in total. The standard InChI is InChI=1S/C11H12BrClO2/c1-7-3-8(6-12)9(10(13)4-7)5-11(14)15-2/h3-4H,5-6H2,1-2H3. The number of benzene rings is 1. The maximum absolute atomic E-state index is 11.2. The lowest BCUT2D eigenvalue weighted by Crippen LogP contribution is -2.07. The molecule has 0 radical (unpaired) electrons. The predicted molar refractivity (Wildman–Crippen MR) is 64.5 cm³/mol. The van der Waals surface area contributed by atoms with Gasteiger partial charge in [0.05, 0.1) is 13.5 Å². The Kier molecular flexibility index (Phi) is 4.61. The fourth-order valence-corrected chi connectivity index (χ4v) is 2.24. The summed E-state index contributed by atoms with van der Waals surface area (Å²) in [6, 6.07) is 3.87. The summed E-state index contributed by atoms with van der Waals surface area (Å²) >= 11 is 9.46. The van der Waals surface area contributed by atoms with Crippen LogP contribution in [0.4, 0.5) is 0 Å². The second kappa shape index (κ2) is 5.52. The second-order valence-corrected chi connectivity index (χ2v) is 4.24. The quantitative estimate of drug-likeness (QED) is 0.631. The summed E-state index contributed by atoms with van der Waals surface area (Å²) in [7, 11) is 1.37. The van der Waals surface area contributed by atoms with Gasteiger partial charge < -0.3 is 4.74 Å². The Morgan fingerprint density at radius 3 is 2.73 bits per heavy atom. The van der Waals surface area contributed by atoms with Crippen molar-refractivity contribution in [3.63, 3.8) is 0 Å². The first-order valence-corrected chi connectivity index (χ1v) is 5.99. The fraction of sp³-hybridized carbons (Fsp3) is 0.364. The van der Waals surface area contributed by atoms with E-state index in [4.69, 9.17) is 11.6 Å². The molecule has 0 bridgehead atoms. The summed E-state index contributed by atoms with van der Waals surface area (Å²) in [5.41, 5.74) is 2.96. The van der Waals surface area contributed by atoms with Crippen LogP contribution in [0.2, 0.25) is 5.02 Å². The summed E-state index contributed by atoms with van der Waals surface area (Å²) in [5, 5.41) is 1.30. The van der Waals surface area contributed by atoms with Crippen molar-refractivity contribution in [3.05, 3.63) is 33.8 Å². The minimum atomic E-state index is -0.275. The molecule has 0 saturated carbocycles. The average molecular weight is 292 g/mol. The van der Waals surface area contributed by atoms with Crippen molar-refractivity contribution < 1.29 is 9.53 Å². The molecular formula is C11H12BrClO2. The molecule has 0 unspecified atom stereocenters. The molecule has 0 atom stereocenters. The van der Waals surface area contributed by atoms with Gasteiger partial charge in [0.15, 0.2) is 0 Å². The molecule has 0 fully saturated rings. The van der Waals surface area contributed by atoms with Gasteiger partial charge >= 0.3 is 5.97 Å². The molecule has 15 heavy (non-hydrogen) atoms. The van der Waals surface area contributed by atoms with Crippen LogP contribution < -0.4 is 0 Å². The van der Waals surface area contributed by atoms with Gasteiger partial charge in [0.1, 0.15) is 0 Å². The molecule has 0 spiro atoms. The molecule has 1 rings (SSSR count). The largest absolute Gasteiger partial charge is 0.469 e. The summed E-state index contributed by atoms with van der Waals surface area (Å²) in [5.74, 6) is -0.275. The summed E-state index contributed by atoms with van der Waals surface area (Å²) in [6.45, 7) is 1.97. The summed E-state index contributed by atoms with van der Waals surface area (Å²) in [4.78, 5) is 11.2. The number of hydrogen-bond acceptors (Lipinski definition) is 2. The van der Waals surface area contributed by atoms with Gasteiger partial charge in [-0.25, -0.2) is 0 Å². The van der Waals surface area contributed by atoms with Gasteiger partial charge in [-0.15, -0.1) is 0 Å². The molecule has 0 aromatic heterocycles. The zero-order chi connectivity index (χ0) is 11.4. The van der Waals surface area contributed by atoms with Gasteiger partial charge in [-0.3, -0.25) is 4.79 Å². The van der Waals surface area contributed by atoms with Crippen molar-refractivity contribution in [2.24, 2.45) is 0 Å². The molecule has 1 aromatic carbocycles. The highest BCUT2D eigenvalue weighted by Crippen LogP contribution is 2.25. The van der Waals surface area contributed by atoms with Gasteiger partial charge in [0.25, 0.3) is 0 Å². The molecule has 82 valence electrons. The van der Waals surface area contributed by atoms with Gasteiger partial charge in [0.2, 0.25) is 0 Å². The van der Waals surface area contributed by atoms with Crippen LogP contribution in [0.3, 0.4) is 0 Å². The third-order valence-electron chi connectivity index (χ3n) is 2.12. The van der Waals surface area contributed by atoms with Gasteiger partial charge in [-0.1, -0.05) is 33.6 Å². The van der Waals surface area contributed by atoms with E-state index in [0.29, 0.717) is 10.4 Å². The van der Waals surface area contributed by atoms with E-state index >= 15 is 0 Å². The van der Waals surface area contributed by atoms with Gasteiger partial charge in [-0.2, -0.15) is 0 Å². The number of halogens is 2. The van der Waals surface area contributed by atoms with Crippen molar-refractivity contribution in [2.75, 3.05) is 7.11 Å². The number of hydrogen-bond donors (Lipinski definition) is 0. The van der Waals surface area contributed by atoms with E-state index in [-0.39, 0.29) is 12.4 Å². The highest BCUT2D eigenvalue weighted by Gasteiger charge is 2.12. The molecule has 1 aromatic rings. The van der Waals surface area contributed by atoms with E-state index in [1.807, 2.05) is 19.1 Å². The Morgan fingerprint density at radius 1 is 1.53 bits per heavy atom. The zero-order valence-corrected chi connectivity index (χ0v) is 11.0. The highest BCUT2D eigenvalue weighted by molar-refractivity contribution is 9.08. The van der Waals surface area contributed by atoms with Crippen LogP contribution in [0.15, 0.2) is 12.1 Å². The van der Waals surface area contributed by atoms with Crippen LogP contribution in [-0.2, 0) is 21.3 Å². The maximum atomic E-state index is 11.2. The normalized spacial score (nSPS) is 10.1. The minimum absolute atomic E-state index is 0.219. The Labute approximate surface area is 103 Å². The van der Waals surface area contributed by atoms with Gasteiger partial charge in [-0.05, 0) is 29.7 Å². The van der Waals surface area contributed by atoms with Crippen molar-refractivity contribution in [1.29, 1.82) is 0 Å². The summed E-state index contributed by atoms with van der Waals surface area (Å²) in [6.07, 6.45) is 0.219. The van der Waals surface area contributed by atoms with E-state index in [9.17, 15) is 4.79 Å². The Bertz CT molecular complexity index is 377. The lowest BCUT2D eigenvalue weighted by Gasteiger charge is -2.09. The third kappa shape index (κ3) is 3.21. The number of ether oxygens (including phenoxy) is 1. The number of esters is 1. The number of aryl methyl sites for hydroxylation is 1. The van der Waals surface area contributed by atoms with Crippen molar-refractivity contribution in [1.82, 2.24) is 0 Å². The molecule has 2 nitrogen and oxygen atoms in total. The topological polar surface area (TPSA) is 26.3 Å². The Morgan fingerprint density at radius 2 is 2.20 bits per heavy atom. The zero-order valence-electron chi connectivity index (χ0n) is 8.64. The van der Waals surface area contributed by atoms with Crippen LogP contribution in [0.25, 0.3) is 0 Å². The maximum Gasteiger partial charge on any atom is 0.310 e. The lowest BCUT2D eigenvalue weighted by atomic mass is 10.0. The third-order valence-corrected chi connectivity index (χ3v) is 3.07. The number of rotatable bonds is 3. The molecule has 0 saturated heterocycles. The first-order chi connectivity index (χ1) is 7.08. The van der Waals surface area contributed by atoms with Crippen LogP contribution in [-0.4, -0.2) is 13.1 Å². The molecular weight excluding hydrogens is 279 g/mol. The van der Waals surface area contributed by atoms with Crippen LogP contribution in [0.5, 0.6) is 0 Å². The van der Waals surface area contributed by atoms with E-state index in [1.165, 1.54) is 7.11 Å². The molecule has 0 aliphatic rings. The predicted octanol–water partition coefficient (Wildman–Crippen LogP) is 3.26. The first kappa shape index (κ1) is 12.5. The average Bonchev–Trinajstić information content (AvgIpc) is 2.21. The second-order valence-electron chi connectivity index (χ2n) is 3.27. The number of alkyl halides is 1. The molecule has 0 aliphatic carbocycles. The highest BCUT2D eigenvalue weighted by atomic mass is 79.9. The number of carbonyl (C=O) groups excluding carboxylic acids is 1. The Balaban J connectivity index is 3.09. The molecule has 4 heteroatoms. The molecule has 0 amide bonds. The van der Waals surface area contributed by atoms with Crippen LogP contribution in [0.1, 0.15) is 16.7 Å². The van der Waals surface area contributed by atoms with Gasteiger partial charge in [0, 0.05) is 10.4 Å². The first-order valence-electron chi connectivity index (χ1n) is 4.49. The van der Waals surface area contributed by atoms with E-state index in [1.54, 1.807) is 0 Å². The van der Waals surface area contributed by atoms with Crippen molar-refractivity contribution >= 4 is 33.5 Å².